The number of Topliss-reactive ketones (excluding diaryl/α,β-unsaturated/α-hetero) is 1. The molecule has 0 bridgehead atoms. The van der Waals surface area contributed by atoms with Crippen LogP contribution in [0.15, 0.2) is 42.5 Å². The van der Waals surface area contributed by atoms with Crippen molar-refractivity contribution < 1.29 is 19.1 Å². The molecule has 0 saturated carbocycles. The van der Waals surface area contributed by atoms with Crippen LogP contribution in [0.1, 0.15) is 28.8 Å². The molecule has 1 amide bonds. The van der Waals surface area contributed by atoms with Gasteiger partial charge in [0.1, 0.15) is 0 Å². The van der Waals surface area contributed by atoms with E-state index in [1.54, 1.807) is 24.3 Å². The van der Waals surface area contributed by atoms with Gasteiger partial charge in [0.2, 0.25) is 12.7 Å². The molecule has 1 heterocycles. The monoisotopic (exact) mass is 359 g/mol. The molecule has 25 heavy (non-hydrogen) atoms. The Morgan fingerprint density at radius 1 is 1.04 bits per heavy atom. The van der Waals surface area contributed by atoms with E-state index >= 15 is 0 Å². The summed E-state index contributed by atoms with van der Waals surface area (Å²) in [5.41, 5.74) is 1.58. The van der Waals surface area contributed by atoms with Gasteiger partial charge in [-0.1, -0.05) is 29.8 Å². The summed E-state index contributed by atoms with van der Waals surface area (Å²) < 4.78 is 10.6. The summed E-state index contributed by atoms with van der Waals surface area (Å²) in [6.45, 7) is 0.750. The van der Waals surface area contributed by atoms with E-state index in [2.05, 4.69) is 5.32 Å². The standard InChI is InChI=1S/C19H18ClNO4/c20-15-3-1-2-14(11-15)16(22)5-7-19(23)21-9-8-13-4-6-17-18(10-13)25-12-24-17/h1-4,6,10-11H,5,7-9,12H2,(H,21,23). The second-order valence-electron chi connectivity index (χ2n) is 5.72. The number of hydrogen-bond acceptors (Lipinski definition) is 4. The first-order valence-electron chi connectivity index (χ1n) is 8.06. The maximum Gasteiger partial charge on any atom is 0.231 e. The van der Waals surface area contributed by atoms with Crippen LogP contribution < -0.4 is 14.8 Å². The number of halogens is 1. The van der Waals surface area contributed by atoms with Crippen molar-refractivity contribution in [2.75, 3.05) is 13.3 Å². The molecular weight excluding hydrogens is 342 g/mol. The second-order valence-corrected chi connectivity index (χ2v) is 6.16. The van der Waals surface area contributed by atoms with Crippen LogP contribution in [-0.2, 0) is 11.2 Å². The summed E-state index contributed by atoms with van der Waals surface area (Å²) in [5.74, 6) is 1.24. The molecule has 130 valence electrons. The predicted octanol–water partition coefficient (Wildman–Crippen LogP) is 3.39. The van der Waals surface area contributed by atoms with E-state index in [-0.39, 0.29) is 31.3 Å². The Labute approximate surface area is 150 Å². The van der Waals surface area contributed by atoms with E-state index in [1.165, 1.54) is 0 Å². The lowest BCUT2D eigenvalue weighted by molar-refractivity contribution is -0.121. The largest absolute Gasteiger partial charge is 0.454 e. The summed E-state index contributed by atoms with van der Waals surface area (Å²) >= 11 is 5.87. The fourth-order valence-corrected chi connectivity index (χ4v) is 2.75. The van der Waals surface area contributed by atoms with Crippen LogP contribution in [0, 0.1) is 0 Å². The molecule has 1 aliphatic heterocycles. The molecular formula is C19H18ClNO4. The van der Waals surface area contributed by atoms with E-state index in [1.807, 2.05) is 18.2 Å². The number of ether oxygens (including phenoxy) is 2. The molecule has 0 unspecified atom stereocenters. The van der Waals surface area contributed by atoms with E-state index in [0.717, 1.165) is 17.1 Å². The van der Waals surface area contributed by atoms with Gasteiger partial charge in [-0.25, -0.2) is 0 Å². The maximum absolute atomic E-state index is 12.0. The van der Waals surface area contributed by atoms with Crippen molar-refractivity contribution in [1.29, 1.82) is 0 Å². The Balaban J connectivity index is 1.40. The maximum atomic E-state index is 12.0. The minimum Gasteiger partial charge on any atom is -0.454 e. The van der Waals surface area contributed by atoms with Crippen molar-refractivity contribution in [2.24, 2.45) is 0 Å². The number of carbonyl (C=O) groups excluding carboxylic acids is 2. The lowest BCUT2D eigenvalue weighted by Crippen LogP contribution is -2.26. The second kappa shape index (κ2) is 8.03. The van der Waals surface area contributed by atoms with Gasteiger partial charge in [-0.2, -0.15) is 0 Å². The van der Waals surface area contributed by atoms with Crippen molar-refractivity contribution in [3.05, 3.63) is 58.6 Å². The minimum absolute atomic E-state index is 0.0894. The van der Waals surface area contributed by atoms with Crippen LogP contribution in [0.5, 0.6) is 11.5 Å². The Morgan fingerprint density at radius 2 is 1.88 bits per heavy atom. The SMILES string of the molecule is O=C(CCC(=O)c1cccc(Cl)c1)NCCc1ccc2c(c1)OCO2. The van der Waals surface area contributed by atoms with Crippen LogP contribution in [0.3, 0.4) is 0 Å². The van der Waals surface area contributed by atoms with Crippen molar-refractivity contribution in [3.8, 4) is 11.5 Å². The molecule has 0 aromatic heterocycles. The normalized spacial score (nSPS) is 12.0. The highest BCUT2D eigenvalue weighted by Crippen LogP contribution is 2.32. The molecule has 0 atom stereocenters. The summed E-state index contributed by atoms with van der Waals surface area (Å²) in [5, 5.41) is 3.34. The van der Waals surface area contributed by atoms with Crippen LogP contribution in [0.25, 0.3) is 0 Å². The lowest BCUT2D eigenvalue weighted by atomic mass is 10.1. The van der Waals surface area contributed by atoms with Gasteiger partial charge in [0.25, 0.3) is 0 Å². The fourth-order valence-electron chi connectivity index (χ4n) is 2.56. The first-order valence-corrected chi connectivity index (χ1v) is 8.43. The van der Waals surface area contributed by atoms with Gasteiger partial charge in [-0.3, -0.25) is 9.59 Å². The number of benzene rings is 2. The van der Waals surface area contributed by atoms with Gasteiger partial charge in [0.15, 0.2) is 17.3 Å². The van der Waals surface area contributed by atoms with E-state index in [4.69, 9.17) is 21.1 Å². The number of nitrogens with one attached hydrogen (secondary N) is 1. The highest BCUT2D eigenvalue weighted by Gasteiger charge is 2.13. The van der Waals surface area contributed by atoms with Gasteiger partial charge >= 0.3 is 0 Å². The number of rotatable bonds is 7. The first kappa shape index (κ1) is 17.3. The molecule has 2 aromatic carbocycles. The van der Waals surface area contributed by atoms with Crippen LogP contribution in [0.2, 0.25) is 5.02 Å². The number of fused-ring (bicyclic) bond motifs is 1. The lowest BCUT2D eigenvalue weighted by Gasteiger charge is -2.06. The third-order valence-corrected chi connectivity index (χ3v) is 4.13. The van der Waals surface area contributed by atoms with Crippen molar-refractivity contribution in [1.82, 2.24) is 5.32 Å². The summed E-state index contributed by atoms with van der Waals surface area (Å²) in [4.78, 5) is 23.9. The Hall–Kier alpha value is -2.53. The quantitative estimate of drug-likeness (QED) is 0.769. The van der Waals surface area contributed by atoms with Gasteiger partial charge < -0.3 is 14.8 Å². The third-order valence-electron chi connectivity index (χ3n) is 3.90. The average molecular weight is 360 g/mol. The van der Waals surface area contributed by atoms with Crippen molar-refractivity contribution in [3.63, 3.8) is 0 Å². The van der Waals surface area contributed by atoms with E-state index in [9.17, 15) is 9.59 Å². The smallest absolute Gasteiger partial charge is 0.231 e. The Morgan fingerprint density at radius 3 is 2.72 bits per heavy atom. The van der Waals surface area contributed by atoms with Crippen LogP contribution in [-0.4, -0.2) is 25.0 Å². The average Bonchev–Trinajstić information content (AvgIpc) is 3.07. The van der Waals surface area contributed by atoms with Crippen molar-refractivity contribution >= 4 is 23.3 Å². The van der Waals surface area contributed by atoms with Gasteiger partial charge in [-0.15, -0.1) is 0 Å². The number of hydrogen-bond donors (Lipinski definition) is 1. The zero-order valence-electron chi connectivity index (χ0n) is 13.6. The number of ketones is 1. The molecule has 2 aromatic rings. The Kier molecular flexibility index (Phi) is 5.56. The first-order chi connectivity index (χ1) is 12.1. The fraction of sp³-hybridized carbons (Fsp3) is 0.263. The van der Waals surface area contributed by atoms with Gasteiger partial charge in [0, 0.05) is 30.0 Å². The summed E-state index contributed by atoms with van der Waals surface area (Å²) in [7, 11) is 0. The molecule has 3 rings (SSSR count). The minimum atomic E-state index is -0.142. The third kappa shape index (κ3) is 4.73. The molecule has 0 spiro atoms. The topological polar surface area (TPSA) is 64.6 Å². The van der Waals surface area contributed by atoms with Crippen LogP contribution in [0.4, 0.5) is 0 Å². The molecule has 6 heteroatoms. The van der Waals surface area contributed by atoms with E-state index in [0.29, 0.717) is 23.6 Å². The Bertz CT molecular complexity index is 791. The van der Waals surface area contributed by atoms with Gasteiger partial charge in [-0.05, 0) is 36.2 Å². The molecule has 0 fully saturated rings. The number of carbonyl (C=O) groups is 2. The molecule has 5 nitrogen and oxygen atoms in total. The highest BCUT2D eigenvalue weighted by molar-refractivity contribution is 6.31. The van der Waals surface area contributed by atoms with Crippen LogP contribution >= 0.6 is 11.6 Å². The zero-order valence-corrected chi connectivity index (χ0v) is 14.3. The number of amides is 1. The van der Waals surface area contributed by atoms with Crippen molar-refractivity contribution in [2.45, 2.75) is 19.3 Å². The molecule has 1 aliphatic rings. The van der Waals surface area contributed by atoms with Gasteiger partial charge in [0.05, 0.1) is 0 Å². The molecule has 1 N–H and O–H groups in total. The zero-order chi connectivity index (χ0) is 17.6. The predicted molar refractivity (Wildman–Crippen MR) is 94.3 cm³/mol. The molecule has 0 aliphatic carbocycles. The summed E-state index contributed by atoms with van der Waals surface area (Å²) in [6.07, 6.45) is 1.01. The van der Waals surface area contributed by atoms with E-state index < -0.39 is 0 Å². The summed E-state index contributed by atoms with van der Waals surface area (Å²) in [6, 6.07) is 12.5. The highest BCUT2D eigenvalue weighted by atomic mass is 35.5. The molecule has 0 radical (unpaired) electrons. The molecule has 0 saturated heterocycles.